The maximum atomic E-state index is 12.5. The van der Waals surface area contributed by atoms with Crippen molar-refractivity contribution in [2.45, 2.75) is 20.3 Å². The van der Waals surface area contributed by atoms with Gasteiger partial charge in [-0.2, -0.15) is 10.3 Å². The first-order valence-corrected chi connectivity index (χ1v) is 11.6. The molecule has 0 bridgehead atoms. The van der Waals surface area contributed by atoms with E-state index in [0.29, 0.717) is 22.6 Å². The molecule has 5 aromatic rings. The Morgan fingerprint density at radius 3 is 2.54 bits per heavy atom. The van der Waals surface area contributed by atoms with Crippen molar-refractivity contribution in [2.75, 3.05) is 0 Å². The molecule has 0 saturated heterocycles. The standard InChI is InChI=1S/C28H22ClN5O/c1-4-26(35)32-28-33(3)25-16-31-23-12-9-20(19-7-10-21(29)11-8-19)14-22(23)27(25)34(28)24-13-18(15-30)6-5-17(24)2/h5-14,16H,4H2,1-3H3/b32-28+. The fourth-order valence-electron chi connectivity index (χ4n) is 4.29. The maximum absolute atomic E-state index is 12.5. The number of hydrogen-bond donors (Lipinski definition) is 0. The van der Waals surface area contributed by atoms with Crippen molar-refractivity contribution in [1.29, 1.82) is 5.26 Å². The lowest BCUT2D eigenvalue weighted by molar-refractivity contribution is -0.117. The van der Waals surface area contributed by atoms with Gasteiger partial charge in [0.05, 0.1) is 40.1 Å². The fraction of sp³-hybridized carbons (Fsp3) is 0.143. The first-order valence-electron chi connectivity index (χ1n) is 11.3. The first kappa shape index (κ1) is 22.6. The molecule has 0 atom stereocenters. The molecule has 0 aliphatic heterocycles. The summed E-state index contributed by atoms with van der Waals surface area (Å²) in [6, 6.07) is 21.6. The lowest BCUT2D eigenvalue weighted by Crippen LogP contribution is -2.25. The van der Waals surface area contributed by atoms with Crippen molar-refractivity contribution in [1.82, 2.24) is 14.1 Å². The smallest absolute Gasteiger partial charge is 0.248 e. The number of halogens is 1. The van der Waals surface area contributed by atoms with Crippen LogP contribution in [-0.4, -0.2) is 20.0 Å². The number of aryl methyl sites for hydroxylation is 2. The number of nitrogens with zero attached hydrogens (tertiary/aromatic N) is 5. The van der Waals surface area contributed by atoms with E-state index in [1.165, 1.54) is 0 Å². The Kier molecular flexibility index (Phi) is 5.72. The van der Waals surface area contributed by atoms with Crippen LogP contribution >= 0.6 is 11.6 Å². The quantitative estimate of drug-likeness (QED) is 0.325. The number of hydrogen-bond acceptors (Lipinski definition) is 3. The van der Waals surface area contributed by atoms with Crippen LogP contribution in [0.2, 0.25) is 5.02 Å². The zero-order valence-corrected chi connectivity index (χ0v) is 20.3. The van der Waals surface area contributed by atoms with Crippen molar-refractivity contribution in [3.63, 3.8) is 0 Å². The minimum atomic E-state index is -0.224. The molecule has 0 fully saturated rings. The van der Waals surface area contributed by atoms with Crippen molar-refractivity contribution >= 4 is 39.4 Å². The summed E-state index contributed by atoms with van der Waals surface area (Å²) in [4.78, 5) is 21.6. The van der Waals surface area contributed by atoms with Crippen LogP contribution < -0.4 is 5.62 Å². The van der Waals surface area contributed by atoms with Gasteiger partial charge < -0.3 is 4.57 Å². The number of pyridine rings is 1. The van der Waals surface area contributed by atoms with Crippen LogP contribution in [-0.2, 0) is 11.8 Å². The predicted molar refractivity (Wildman–Crippen MR) is 138 cm³/mol. The van der Waals surface area contributed by atoms with Crippen LogP contribution in [0.4, 0.5) is 0 Å². The average Bonchev–Trinajstić information content (AvgIpc) is 3.15. The van der Waals surface area contributed by atoms with Crippen LogP contribution in [0, 0.1) is 18.3 Å². The van der Waals surface area contributed by atoms with E-state index < -0.39 is 0 Å². The summed E-state index contributed by atoms with van der Waals surface area (Å²) < 4.78 is 3.84. The van der Waals surface area contributed by atoms with Gasteiger partial charge in [-0.1, -0.05) is 42.8 Å². The molecule has 35 heavy (non-hydrogen) atoms. The zero-order valence-electron chi connectivity index (χ0n) is 19.6. The number of fused-ring (bicyclic) bond motifs is 3. The molecule has 0 unspecified atom stereocenters. The molecule has 0 saturated carbocycles. The maximum Gasteiger partial charge on any atom is 0.248 e. The van der Waals surface area contributed by atoms with Crippen molar-refractivity contribution in [2.24, 2.45) is 12.0 Å². The molecule has 1 amide bonds. The van der Waals surface area contributed by atoms with Gasteiger partial charge in [0, 0.05) is 23.9 Å². The van der Waals surface area contributed by atoms with Gasteiger partial charge in [-0.25, -0.2) is 0 Å². The van der Waals surface area contributed by atoms with Gasteiger partial charge >= 0.3 is 0 Å². The monoisotopic (exact) mass is 479 g/mol. The van der Waals surface area contributed by atoms with Gasteiger partial charge in [0.2, 0.25) is 11.5 Å². The lowest BCUT2D eigenvalue weighted by atomic mass is 10.0. The number of rotatable bonds is 3. The normalized spacial score (nSPS) is 11.8. The topological polar surface area (TPSA) is 76.0 Å². The molecule has 0 radical (unpaired) electrons. The van der Waals surface area contributed by atoms with Gasteiger partial charge in [0.1, 0.15) is 0 Å². The highest BCUT2D eigenvalue weighted by molar-refractivity contribution is 6.30. The number of imidazole rings is 1. The minimum absolute atomic E-state index is 0.224. The number of aromatic nitrogens is 3. The van der Waals surface area contributed by atoms with Crippen LogP contribution in [0.25, 0.3) is 38.8 Å². The SMILES string of the molecule is CCC(=O)/N=c1\n(C)c2cnc3ccc(-c4ccc(Cl)cc4)cc3c2n1-c1cc(C#N)ccc1C. The molecule has 0 spiro atoms. The number of carbonyl (C=O) groups is 1. The van der Waals surface area contributed by atoms with E-state index in [1.54, 1.807) is 19.2 Å². The van der Waals surface area contributed by atoms with E-state index in [1.807, 2.05) is 71.6 Å². The second-order valence-electron chi connectivity index (χ2n) is 8.40. The van der Waals surface area contributed by atoms with E-state index in [0.717, 1.165) is 44.3 Å². The van der Waals surface area contributed by atoms with E-state index >= 15 is 0 Å². The Labute approximate surface area is 207 Å². The summed E-state index contributed by atoms with van der Waals surface area (Å²) in [5.41, 5.74) is 7.33. The summed E-state index contributed by atoms with van der Waals surface area (Å²) in [6.45, 7) is 3.77. The summed E-state index contributed by atoms with van der Waals surface area (Å²) in [6.07, 6.45) is 2.09. The summed E-state index contributed by atoms with van der Waals surface area (Å²) in [5, 5.41) is 11.2. The molecular formula is C28H22ClN5O. The summed E-state index contributed by atoms with van der Waals surface area (Å²) >= 11 is 6.10. The molecule has 0 aliphatic carbocycles. The highest BCUT2D eigenvalue weighted by Gasteiger charge is 2.18. The number of benzene rings is 3. The van der Waals surface area contributed by atoms with Crippen LogP contribution in [0.15, 0.2) is 71.9 Å². The molecular weight excluding hydrogens is 458 g/mol. The Bertz CT molecular complexity index is 1740. The number of carbonyl (C=O) groups excluding carboxylic acids is 1. The highest BCUT2D eigenvalue weighted by atomic mass is 35.5. The van der Waals surface area contributed by atoms with E-state index in [4.69, 9.17) is 11.6 Å². The number of nitriles is 1. The molecule has 2 heterocycles. The third-order valence-electron chi connectivity index (χ3n) is 6.19. The van der Waals surface area contributed by atoms with Crippen LogP contribution in [0.1, 0.15) is 24.5 Å². The third kappa shape index (κ3) is 3.90. The molecule has 6 nitrogen and oxygen atoms in total. The van der Waals surface area contributed by atoms with Gasteiger partial charge in [0.25, 0.3) is 0 Å². The van der Waals surface area contributed by atoms with E-state index in [9.17, 15) is 10.1 Å². The van der Waals surface area contributed by atoms with Gasteiger partial charge in [-0.15, -0.1) is 0 Å². The first-order chi connectivity index (χ1) is 16.9. The van der Waals surface area contributed by atoms with Crippen molar-refractivity contribution in [3.05, 3.63) is 88.6 Å². The highest BCUT2D eigenvalue weighted by Crippen LogP contribution is 2.31. The second-order valence-corrected chi connectivity index (χ2v) is 8.83. The minimum Gasteiger partial charge on any atom is -0.311 e. The Balaban J connectivity index is 1.95. The molecule has 0 N–H and O–H groups in total. The Morgan fingerprint density at radius 1 is 1.09 bits per heavy atom. The van der Waals surface area contributed by atoms with E-state index in [-0.39, 0.29) is 5.91 Å². The van der Waals surface area contributed by atoms with Gasteiger partial charge in [0.15, 0.2) is 0 Å². The molecule has 5 rings (SSSR count). The van der Waals surface area contributed by atoms with Crippen molar-refractivity contribution in [3.8, 4) is 22.9 Å². The molecule has 0 aliphatic rings. The molecule has 3 aromatic carbocycles. The van der Waals surface area contributed by atoms with Gasteiger partial charge in [-0.05, 0) is 60.0 Å². The zero-order chi connectivity index (χ0) is 24.7. The summed E-state index contributed by atoms with van der Waals surface area (Å²) in [5.74, 6) is -0.224. The van der Waals surface area contributed by atoms with Crippen LogP contribution in [0.3, 0.4) is 0 Å². The summed E-state index contributed by atoms with van der Waals surface area (Å²) in [7, 11) is 1.88. The van der Waals surface area contributed by atoms with Crippen LogP contribution in [0.5, 0.6) is 0 Å². The molecule has 172 valence electrons. The van der Waals surface area contributed by atoms with Gasteiger partial charge in [-0.3, -0.25) is 14.3 Å². The molecule has 7 heteroatoms. The molecule has 2 aromatic heterocycles. The predicted octanol–water partition coefficient (Wildman–Crippen LogP) is 5.86. The van der Waals surface area contributed by atoms with Crippen molar-refractivity contribution < 1.29 is 4.79 Å². The third-order valence-corrected chi connectivity index (χ3v) is 6.44. The number of amides is 1. The lowest BCUT2D eigenvalue weighted by Gasteiger charge is -2.11. The average molecular weight is 480 g/mol. The van der Waals surface area contributed by atoms with E-state index in [2.05, 4.69) is 22.1 Å². The Morgan fingerprint density at radius 2 is 1.83 bits per heavy atom. The fourth-order valence-corrected chi connectivity index (χ4v) is 4.42. The Hall–Kier alpha value is -4.21. The largest absolute Gasteiger partial charge is 0.311 e. The second kappa shape index (κ2) is 8.86.